The molecule has 0 spiro atoms. The zero-order valence-electron chi connectivity index (χ0n) is 12.4. The maximum Gasteiger partial charge on any atom is 0.311 e. The highest BCUT2D eigenvalue weighted by molar-refractivity contribution is 6.35. The van der Waals surface area contributed by atoms with Gasteiger partial charge in [0.15, 0.2) is 0 Å². The standard InChI is InChI=1S/C15H21ClN4O2/c16-13-4-2-1-3-12(13)11-18-14(21)15(22)20-9-7-19(6-5-17)8-10-20/h1-4H,5-11,17H2,(H,18,21). The van der Waals surface area contributed by atoms with Crippen molar-refractivity contribution in [3.8, 4) is 0 Å². The largest absolute Gasteiger partial charge is 0.344 e. The third-order valence-corrected chi connectivity index (χ3v) is 4.07. The number of halogens is 1. The van der Waals surface area contributed by atoms with Gasteiger partial charge in [0.25, 0.3) is 0 Å². The second kappa shape index (κ2) is 8.12. The summed E-state index contributed by atoms with van der Waals surface area (Å²) in [5, 5.41) is 3.20. The first-order valence-electron chi connectivity index (χ1n) is 7.34. The Balaban J connectivity index is 1.80. The van der Waals surface area contributed by atoms with E-state index in [4.69, 9.17) is 17.3 Å². The number of rotatable bonds is 4. The molecule has 1 aromatic rings. The molecule has 7 heteroatoms. The summed E-state index contributed by atoms with van der Waals surface area (Å²) < 4.78 is 0. The highest BCUT2D eigenvalue weighted by Gasteiger charge is 2.25. The molecular weight excluding hydrogens is 304 g/mol. The molecule has 0 aliphatic carbocycles. The van der Waals surface area contributed by atoms with Crippen LogP contribution >= 0.6 is 11.6 Å². The highest BCUT2D eigenvalue weighted by Crippen LogP contribution is 2.14. The number of carbonyl (C=O) groups is 2. The monoisotopic (exact) mass is 324 g/mol. The van der Waals surface area contributed by atoms with Crippen LogP contribution in [0.5, 0.6) is 0 Å². The number of benzene rings is 1. The molecule has 22 heavy (non-hydrogen) atoms. The van der Waals surface area contributed by atoms with Crippen LogP contribution in [0.4, 0.5) is 0 Å². The van der Waals surface area contributed by atoms with Crippen LogP contribution in [0.25, 0.3) is 0 Å². The van der Waals surface area contributed by atoms with Crippen molar-refractivity contribution in [1.82, 2.24) is 15.1 Å². The number of hydrogen-bond acceptors (Lipinski definition) is 4. The predicted molar refractivity (Wildman–Crippen MR) is 85.4 cm³/mol. The molecule has 1 fully saturated rings. The number of nitrogens with two attached hydrogens (primary N) is 1. The van der Waals surface area contributed by atoms with Crippen LogP contribution < -0.4 is 11.1 Å². The third kappa shape index (κ3) is 4.43. The van der Waals surface area contributed by atoms with Crippen molar-refractivity contribution < 1.29 is 9.59 Å². The van der Waals surface area contributed by atoms with E-state index in [1.54, 1.807) is 11.0 Å². The van der Waals surface area contributed by atoms with Crippen LogP contribution in [0.2, 0.25) is 5.02 Å². The molecule has 2 amide bonds. The lowest BCUT2D eigenvalue weighted by Gasteiger charge is -2.34. The molecule has 0 aromatic heterocycles. The highest BCUT2D eigenvalue weighted by atomic mass is 35.5. The summed E-state index contributed by atoms with van der Waals surface area (Å²) in [6, 6.07) is 7.23. The van der Waals surface area contributed by atoms with Crippen LogP contribution in [0.15, 0.2) is 24.3 Å². The normalized spacial score (nSPS) is 15.6. The summed E-state index contributed by atoms with van der Waals surface area (Å²) in [5.74, 6) is -1.08. The quantitative estimate of drug-likeness (QED) is 0.768. The van der Waals surface area contributed by atoms with Crippen molar-refractivity contribution in [1.29, 1.82) is 0 Å². The number of amides is 2. The van der Waals surface area contributed by atoms with Gasteiger partial charge >= 0.3 is 11.8 Å². The average Bonchev–Trinajstić information content (AvgIpc) is 2.54. The Hall–Kier alpha value is -1.63. The molecule has 0 saturated carbocycles. The zero-order valence-corrected chi connectivity index (χ0v) is 13.2. The van der Waals surface area contributed by atoms with E-state index in [0.29, 0.717) is 24.7 Å². The van der Waals surface area contributed by atoms with Gasteiger partial charge in [0, 0.05) is 50.8 Å². The minimum absolute atomic E-state index is 0.247. The molecule has 0 unspecified atom stereocenters. The number of hydrogen-bond donors (Lipinski definition) is 2. The molecule has 120 valence electrons. The Kier molecular flexibility index (Phi) is 6.18. The van der Waals surface area contributed by atoms with Gasteiger partial charge in [-0.1, -0.05) is 29.8 Å². The smallest absolute Gasteiger partial charge is 0.311 e. The van der Waals surface area contributed by atoms with Crippen molar-refractivity contribution in [3.05, 3.63) is 34.9 Å². The van der Waals surface area contributed by atoms with Crippen molar-refractivity contribution in [2.45, 2.75) is 6.54 Å². The molecule has 0 radical (unpaired) electrons. The van der Waals surface area contributed by atoms with E-state index in [9.17, 15) is 9.59 Å². The van der Waals surface area contributed by atoms with Gasteiger partial charge in [-0.3, -0.25) is 14.5 Å². The van der Waals surface area contributed by atoms with Crippen molar-refractivity contribution >= 4 is 23.4 Å². The summed E-state index contributed by atoms with van der Waals surface area (Å²) in [6.07, 6.45) is 0. The maximum absolute atomic E-state index is 12.1. The van der Waals surface area contributed by atoms with Gasteiger partial charge in [-0.05, 0) is 11.6 Å². The third-order valence-electron chi connectivity index (χ3n) is 3.70. The van der Waals surface area contributed by atoms with E-state index in [2.05, 4.69) is 10.2 Å². The Morgan fingerprint density at radius 1 is 1.18 bits per heavy atom. The Morgan fingerprint density at radius 2 is 1.86 bits per heavy atom. The first kappa shape index (κ1) is 16.7. The first-order valence-corrected chi connectivity index (χ1v) is 7.72. The second-order valence-corrected chi connectivity index (χ2v) is 5.60. The Bertz CT molecular complexity index is 530. The summed E-state index contributed by atoms with van der Waals surface area (Å²) in [6.45, 7) is 4.28. The van der Waals surface area contributed by atoms with Crippen molar-refractivity contribution in [2.75, 3.05) is 39.3 Å². The van der Waals surface area contributed by atoms with E-state index in [1.165, 1.54) is 0 Å². The lowest BCUT2D eigenvalue weighted by atomic mass is 10.2. The molecule has 0 atom stereocenters. The summed E-state index contributed by atoms with van der Waals surface area (Å²) >= 11 is 6.02. The summed E-state index contributed by atoms with van der Waals surface area (Å²) in [5.41, 5.74) is 6.30. The average molecular weight is 325 g/mol. The zero-order chi connectivity index (χ0) is 15.9. The fourth-order valence-electron chi connectivity index (χ4n) is 2.39. The topological polar surface area (TPSA) is 78.7 Å². The molecule has 6 nitrogen and oxygen atoms in total. The van der Waals surface area contributed by atoms with Crippen LogP contribution in [-0.2, 0) is 16.1 Å². The summed E-state index contributed by atoms with van der Waals surface area (Å²) in [4.78, 5) is 27.8. The minimum atomic E-state index is -0.591. The molecule has 1 saturated heterocycles. The molecule has 1 heterocycles. The molecule has 2 rings (SSSR count). The number of nitrogens with one attached hydrogen (secondary N) is 1. The SMILES string of the molecule is NCCN1CCN(C(=O)C(=O)NCc2ccccc2Cl)CC1. The second-order valence-electron chi connectivity index (χ2n) is 5.20. The minimum Gasteiger partial charge on any atom is -0.344 e. The van der Waals surface area contributed by atoms with Crippen molar-refractivity contribution in [2.24, 2.45) is 5.73 Å². The van der Waals surface area contributed by atoms with Gasteiger partial charge in [-0.2, -0.15) is 0 Å². The van der Waals surface area contributed by atoms with Gasteiger partial charge in [0.05, 0.1) is 0 Å². The van der Waals surface area contributed by atoms with E-state index >= 15 is 0 Å². The first-order chi connectivity index (χ1) is 10.6. The van der Waals surface area contributed by atoms with Crippen LogP contribution in [0.3, 0.4) is 0 Å². The Labute approximate surface area is 135 Å². The maximum atomic E-state index is 12.1. The fourth-order valence-corrected chi connectivity index (χ4v) is 2.60. The number of carbonyl (C=O) groups excluding carboxylic acids is 2. The van der Waals surface area contributed by atoms with Gasteiger partial charge in [-0.25, -0.2) is 0 Å². The number of piperazine rings is 1. The lowest BCUT2D eigenvalue weighted by molar-refractivity contribution is -0.147. The molecule has 1 aliphatic heterocycles. The molecule has 3 N–H and O–H groups in total. The van der Waals surface area contributed by atoms with Crippen molar-refractivity contribution in [3.63, 3.8) is 0 Å². The van der Waals surface area contributed by atoms with Gasteiger partial charge in [0.2, 0.25) is 0 Å². The molecular formula is C15H21ClN4O2. The summed E-state index contributed by atoms with van der Waals surface area (Å²) in [7, 11) is 0. The van der Waals surface area contributed by atoms with Crippen LogP contribution in [0.1, 0.15) is 5.56 Å². The predicted octanol–water partition coefficient (Wildman–Crippen LogP) is 0.0591. The fraction of sp³-hybridized carbons (Fsp3) is 0.467. The molecule has 0 bridgehead atoms. The van der Waals surface area contributed by atoms with Crippen LogP contribution in [0, 0.1) is 0 Å². The Morgan fingerprint density at radius 3 is 2.50 bits per heavy atom. The van der Waals surface area contributed by atoms with E-state index in [1.807, 2.05) is 18.2 Å². The van der Waals surface area contributed by atoms with Gasteiger partial charge < -0.3 is 16.0 Å². The van der Waals surface area contributed by atoms with E-state index in [-0.39, 0.29) is 6.54 Å². The van der Waals surface area contributed by atoms with E-state index in [0.717, 1.165) is 25.2 Å². The van der Waals surface area contributed by atoms with Gasteiger partial charge in [-0.15, -0.1) is 0 Å². The van der Waals surface area contributed by atoms with Gasteiger partial charge in [0.1, 0.15) is 0 Å². The van der Waals surface area contributed by atoms with E-state index < -0.39 is 11.8 Å². The molecule has 1 aromatic carbocycles. The molecule has 1 aliphatic rings. The van der Waals surface area contributed by atoms with Crippen LogP contribution in [-0.4, -0.2) is 60.9 Å². The lowest BCUT2D eigenvalue weighted by Crippen LogP contribution is -2.53. The number of nitrogens with zero attached hydrogens (tertiary/aromatic N) is 2.